The van der Waals surface area contributed by atoms with Crippen LogP contribution >= 0.6 is 34.8 Å². The van der Waals surface area contributed by atoms with Gasteiger partial charge in [-0.05, 0) is 54.6 Å². The van der Waals surface area contributed by atoms with E-state index in [2.05, 4.69) is 14.7 Å². The van der Waals surface area contributed by atoms with E-state index in [0.29, 0.717) is 15.1 Å². The molecule has 0 aliphatic rings. The summed E-state index contributed by atoms with van der Waals surface area (Å²) in [5.74, 6) is -2.44. The number of carbonyl (C=O) groups is 3. The van der Waals surface area contributed by atoms with Crippen molar-refractivity contribution in [3.05, 3.63) is 105 Å². The summed E-state index contributed by atoms with van der Waals surface area (Å²) in [5, 5.41) is 25.2. The minimum absolute atomic E-state index is 0. The van der Waals surface area contributed by atoms with Crippen molar-refractivity contribution in [1.82, 2.24) is 0 Å². The van der Waals surface area contributed by atoms with E-state index >= 15 is 0 Å². The second kappa shape index (κ2) is 17.2. The van der Waals surface area contributed by atoms with Crippen molar-refractivity contribution in [2.45, 2.75) is 0 Å². The summed E-state index contributed by atoms with van der Waals surface area (Å²) in [5.41, 5.74) is 0.667. The Hall–Kier alpha value is -2.24. The van der Waals surface area contributed by atoms with Gasteiger partial charge in [-0.1, -0.05) is 53.0 Å². The van der Waals surface area contributed by atoms with E-state index in [4.69, 9.17) is 50.6 Å². The summed E-state index contributed by atoms with van der Waals surface area (Å²) in [7, 11) is 0. The minimum Gasteiger partial charge on any atom is -0.296 e. The smallest absolute Gasteiger partial charge is 0.296 e. The van der Waals surface area contributed by atoms with Crippen LogP contribution in [-0.2, 0) is 42.3 Å². The summed E-state index contributed by atoms with van der Waals surface area (Å²) >= 11 is 16.7. The minimum atomic E-state index is -0.813. The Bertz CT molecular complexity index is 960. The Kier molecular flexibility index (Phi) is 16.1. The molecule has 3 aromatic rings. The van der Waals surface area contributed by atoms with Crippen molar-refractivity contribution in [3.63, 3.8) is 0 Å². The number of hydrogen-bond donors (Lipinski definition) is 3. The number of benzene rings is 3. The molecule has 0 amide bonds. The third-order valence-electron chi connectivity index (χ3n) is 3.43. The zero-order valence-electron chi connectivity index (χ0n) is 17.1. The molecule has 0 saturated carbocycles. The van der Waals surface area contributed by atoms with Crippen LogP contribution in [-0.4, -0.2) is 33.7 Å². The van der Waals surface area contributed by atoms with E-state index in [-0.39, 0.29) is 44.4 Å². The Labute approximate surface area is 228 Å². The molecule has 0 heterocycles. The second-order valence-corrected chi connectivity index (χ2v) is 6.98. The third kappa shape index (κ3) is 11.8. The first-order valence-corrected chi connectivity index (χ1v) is 9.69. The maximum atomic E-state index is 10.6. The van der Waals surface area contributed by atoms with Crippen molar-refractivity contribution in [2.75, 3.05) is 0 Å². The average Bonchev–Trinajstić information content (AvgIpc) is 2.83. The van der Waals surface area contributed by atoms with Crippen molar-refractivity contribution < 1.29 is 72.5 Å². The van der Waals surface area contributed by atoms with E-state index in [0.717, 1.165) is 0 Å². The Balaban J connectivity index is 0.000000473. The monoisotopic (exact) mass is 718 g/mol. The van der Waals surface area contributed by atoms with Crippen LogP contribution in [0.15, 0.2) is 72.8 Å². The summed E-state index contributed by atoms with van der Waals surface area (Å²) < 4.78 is 0. The molecular weight excluding hydrogens is 703 g/mol. The van der Waals surface area contributed by atoms with E-state index in [1.165, 1.54) is 36.4 Å². The van der Waals surface area contributed by atoms with Crippen LogP contribution < -0.4 is 0 Å². The molecule has 3 aromatic carbocycles. The molecule has 0 radical (unpaired) electrons. The topological polar surface area (TPSA) is 140 Å². The maximum absolute atomic E-state index is 10.6. The van der Waals surface area contributed by atoms with Crippen LogP contribution in [0.4, 0.5) is 0 Å². The van der Waals surface area contributed by atoms with Crippen molar-refractivity contribution in [2.24, 2.45) is 0 Å². The Morgan fingerprint density at radius 2 is 0.765 bits per heavy atom. The molecule has 0 aliphatic carbocycles. The number of hydrogen-bond acceptors (Lipinski definition) is 9. The normalized spacial score (nSPS) is 9.00. The van der Waals surface area contributed by atoms with Crippen LogP contribution in [0.5, 0.6) is 0 Å². The van der Waals surface area contributed by atoms with E-state index < -0.39 is 17.9 Å². The zero-order valence-corrected chi connectivity index (χ0v) is 24.8. The molecule has 0 spiro atoms. The largest absolute Gasteiger partial charge is 0.372 e. The average molecular weight is 718 g/mol. The first-order valence-electron chi connectivity index (χ1n) is 8.55. The quantitative estimate of drug-likeness (QED) is 0.131. The molecule has 0 aliphatic heterocycles. The summed E-state index contributed by atoms with van der Waals surface area (Å²) in [6.45, 7) is 0. The molecule has 0 saturated heterocycles. The van der Waals surface area contributed by atoms with E-state index in [1.807, 2.05) is 0 Å². The van der Waals surface area contributed by atoms with Crippen molar-refractivity contribution in [3.8, 4) is 0 Å². The number of halogens is 3. The van der Waals surface area contributed by atoms with Gasteiger partial charge in [-0.15, -0.1) is 0 Å². The van der Waals surface area contributed by atoms with Gasteiger partial charge in [0.1, 0.15) is 0 Å². The van der Waals surface area contributed by atoms with Gasteiger partial charge in [0.25, 0.3) is 0 Å². The first-order chi connectivity index (χ1) is 15.7. The molecule has 0 bridgehead atoms. The summed E-state index contributed by atoms with van der Waals surface area (Å²) in [4.78, 5) is 42.4. The summed E-state index contributed by atoms with van der Waals surface area (Å²) in [6, 6.07) is 18.3. The van der Waals surface area contributed by atoms with Crippen LogP contribution in [0.25, 0.3) is 0 Å². The first kappa shape index (κ1) is 31.8. The molecule has 3 rings (SSSR count). The van der Waals surface area contributed by atoms with Gasteiger partial charge in [-0.25, -0.2) is 14.4 Å². The predicted molar refractivity (Wildman–Crippen MR) is 118 cm³/mol. The fourth-order valence-electron chi connectivity index (χ4n) is 2.00. The molecule has 34 heavy (non-hydrogen) atoms. The van der Waals surface area contributed by atoms with Gasteiger partial charge < -0.3 is 0 Å². The second-order valence-electron chi connectivity index (χ2n) is 5.67. The standard InChI is InChI=1S/3C7H5ClO3.Hg/c3*8-6-3-1-2-5(4-6)7(9)11-10;/h3*1-4,10H;. The Morgan fingerprint density at radius 3 is 0.941 bits per heavy atom. The third-order valence-corrected chi connectivity index (χ3v) is 4.13. The zero-order chi connectivity index (χ0) is 24.8. The summed E-state index contributed by atoms with van der Waals surface area (Å²) in [6.07, 6.45) is 0. The van der Waals surface area contributed by atoms with Gasteiger partial charge in [-0.2, -0.15) is 15.8 Å². The number of rotatable bonds is 3. The van der Waals surface area contributed by atoms with E-state index in [1.54, 1.807) is 36.4 Å². The maximum Gasteiger partial charge on any atom is 0.372 e. The van der Waals surface area contributed by atoms with E-state index in [9.17, 15) is 14.4 Å². The molecule has 9 nitrogen and oxygen atoms in total. The fraction of sp³-hybridized carbons (Fsp3) is 0. The molecule has 13 heteroatoms. The molecule has 0 atom stereocenters. The van der Waals surface area contributed by atoms with Gasteiger partial charge in [0, 0.05) is 42.7 Å². The molecule has 176 valence electrons. The van der Waals surface area contributed by atoms with Gasteiger partial charge in [0.2, 0.25) is 0 Å². The number of carbonyl (C=O) groups excluding carboxylic acids is 3. The van der Waals surface area contributed by atoms with Crippen LogP contribution in [0.2, 0.25) is 15.1 Å². The molecular formula is C21H15Cl3HgO9. The Morgan fingerprint density at radius 1 is 0.529 bits per heavy atom. The van der Waals surface area contributed by atoms with Crippen LogP contribution in [0.3, 0.4) is 0 Å². The van der Waals surface area contributed by atoms with Crippen LogP contribution in [0.1, 0.15) is 31.1 Å². The molecule has 0 aromatic heterocycles. The molecule has 0 unspecified atom stereocenters. The van der Waals surface area contributed by atoms with Gasteiger partial charge in [-0.3, -0.25) is 14.7 Å². The fourth-order valence-corrected chi connectivity index (χ4v) is 2.58. The molecule has 3 N–H and O–H groups in total. The predicted octanol–water partition coefficient (Wildman–Crippen LogP) is 5.91. The van der Waals surface area contributed by atoms with Gasteiger partial charge in [0.05, 0.1) is 16.7 Å². The van der Waals surface area contributed by atoms with Crippen LogP contribution in [0, 0.1) is 0 Å². The molecule has 0 fully saturated rings. The SMILES string of the molecule is O=C(OO)c1cccc(Cl)c1.O=C(OO)c1cccc(Cl)c1.O=C(OO)c1cccc(Cl)c1.[Hg]. The van der Waals surface area contributed by atoms with Crippen molar-refractivity contribution in [1.29, 1.82) is 0 Å². The van der Waals surface area contributed by atoms with Crippen molar-refractivity contribution >= 4 is 52.7 Å². The van der Waals surface area contributed by atoms with Gasteiger partial charge >= 0.3 is 17.9 Å². The van der Waals surface area contributed by atoms with Gasteiger partial charge in [0.15, 0.2) is 0 Å².